The summed E-state index contributed by atoms with van der Waals surface area (Å²) in [6.07, 6.45) is 74.2. The Labute approximate surface area is 451 Å². The van der Waals surface area contributed by atoms with E-state index in [0.29, 0.717) is 25.9 Å². The van der Waals surface area contributed by atoms with Gasteiger partial charge in [-0.15, -0.1) is 0 Å². The number of hydrogen-bond donors (Lipinski definition) is 3. The SMILES string of the molecule is CCCCCCCCCCCCCCCCCC(O)C(CO)NC(=O)CCCCCCCCCCCCCCCCCCCCCCCCCCCCOC(=O)CCCCCCCCCCCCCCCC. The third-order valence-electron chi connectivity index (χ3n) is 15.9. The predicted molar refractivity (Wildman–Crippen MR) is 315 cm³/mol. The van der Waals surface area contributed by atoms with Gasteiger partial charge in [-0.2, -0.15) is 0 Å². The largest absolute Gasteiger partial charge is 0.466 e. The summed E-state index contributed by atoms with van der Waals surface area (Å²) in [6.45, 7) is 4.99. The van der Waals surface area contributed by atoms with Crippen LogP contribution in [-0.4, -0.2) is 47.4 Å². The molecule has 0 aromatic heterocycles. The Morgan fingerprint density at radius 2 is 0.569 bits per heavy atom. The Kier molecular flexibility index (Phi) is 61.4. The van der Waals surface area contributed by atoms with E-state index < -0.39 is 12.1 Å². The number of carbonyl (C=O) groups excluding carboxylic acids is 2. The number of hydrogen-bond acceptors (Lipinski definition) is 5. The lowest BCUT2D eigenvalue weighted by molar-refractivity contribution is -0.143. The van der Waals surface area contributed by atoms with Gasteiger partial charge < -0.3 is 20.3 Å². The molecule has 0 aliphatic rings. The molecular weight excluding hydrogens is 887 g/mol. The fraction of sp³-hybridized carbons (Fsp3) is 0.970. The smallest absolute Gasteiger partial charge is 0.305 e. The van der Waals surface area contributed by atoms with Crippen LogP contribution in [0.3, 0.4) is 0 Å². The van der Waals surface area contributed by atoms with Gasteiger partial charge in [0.05, 0.1) is 25.4 Å². The molecule has 1 amide bonds. The molecule has 2 atom stereocenters. The minimum absolute atomic E-state index is 0.0206. The van der Waals surface area contributed by atoms with Crippen molar-refractivity contribution in [2.45, 2.75) is 398 Å². The summed E-state index contributed by atoms with van der Waals surface area (Å²) >= 11 is 0. The molecule has 0 fully saturated rings. The Morgan fingerprint density at radius 1 is 0.333 bits per heavy atom. The number of unbranched alkanes of at least 4 members (excludes halogenated alkanes) is 52. The van der Waals surface area contributed by atoms with Crippen molar-refractivity contribution in [1.29, 1.82) is 0 Å². The highest BCUT2D eigenvalue weighted by Crippen LogP contribution is 2.19. The highest BCUT2D eigenvalue weighted by molar-refractivity contribution is 5.76. The molecule has 3 N–H and O–H groups in total. The molecule has 0 aliphatic heterocycles. The third-order valence-corrected chi connectivity index (χ3v) is 15.9. The van der Waals surface area contributed by atoms with Crippen molar-refractivity contribution in [2.24, 2.45) is 0 Å². The molecule has 72 heavy (non-hydrogen) atoms. The van der Waals surface area contributed by atoms with Gasteiger partial charge in [-0.25, -0.2) is 0 Å². The van der Waals surface area contributed by atoms with E-state index in [2.05, 4.69) is 19.2 Å². The molecule has 6 heteroatoms. The van der Waals surface area contributed by atoms with Crippen LogP contribution in [0.4, 0.5) is 0 Å². The number of nitrogens with one attached hydrogen (secondary N) is 1. The van der Waals surface area contributed by atoms with E-state index in [9.17, 15) is 19.8 Å². The van der Waals surface area contributed by atoms with Crippen LogP contribution >= 0.6 is 0 Å². The molecule has 0 aliphatic carbocycles. The molecule has 0 saturated carbocycles. The molecule has 6 nitrogen and oxygen atoms in total. The van der Waals surface area contributed by atoms with E-state index in [0.717, 1.165) is 38.5 Å². The lowest BCUT2D eigenvalue weighted by Crippen LogP contribution is -2.45. The first-order valence-electron chi connectivity index (χ1n) is 33.3. The third kappa shape index (κ3) is 58.1. The molecule has 430 valence electrons. The molecule has 0 heterocycles. The van der Waals surface area contributed by atoms with Crippen LogP contribution in [0, 0.1) is 0 Å². The molecule has 0 rings (SSSR count). The highest BCUT2D eigenvalue weighted by atomic mass is 16.5. The number of aliphatic hydroxyl groups excluding tert-OH is 2. The Balaban J connectivity index is 3.33. The molecule has 0 bridgehead atoms. The highest BCUT2D eigenvalue weighted by Gasteiger charge is 2.20. The number of esters is 1. The van der Waals surface area contributed by atoms with Crippen LogP contribution in [0.25, 0.3) is 0 Å². The first-order chi connectivity index (χ1) is 35.5. The van der Waals surface area contributed by atoms with Gasteiger partial charge in [0.25, 0.3) is 0 Å². The lowest BCUT2D eigenvalue weighted by atomic mass is 10.0. The quantitative estimate of drug-likeness (QED) is 0.0417. The van der Waals surface area contributed by atoms with Gasteiger partial charge >= 0.3 is 5.97 Å². The van der Waals surface area contributed by atoms with E-state index in [4.69, 9.17) is 4.74 Å². The second kappa shape index (κ2) is 62.4. The molecule has 0 aromatic carbocycles. The van der Waals surface area contributed by atoms with Crippen LogP contribution in [0.2, 0.25) is 0 Å². The zero-order chi connectivity index (χ0) is 52.2. The normalized spacial score (nSPS) is 12.4. The molecule has 0 saturated heterocycles. The monoisotopic (exact) mass is 1020 g/mol. The minimum atomic E-state index is -0.661. The number of rotatable bonds is 63. The van der Waals surface area contributed by atoms with Crippen LogP contribution in [-0.2, 0) is 14.3 Å². The van der Waals surface area contributed by atoms with Crippen molar-refractivity contribution >= 4 is 11.9 Å². The molecule has 0 radical (unpaired) electrons. The zero-order valence-corrected chi connectivity index (χ0v) is 49.2. The van der Waals surface area contributed by atoms with Gasteiger partial charge in [0.2, 0.25) is 5.91 Å². The Morgan fingerprint density at radius 3 is 0.847 bits per heavy atom. The van der Waals surface area contributed by atoms with E-state index in [1.54, 1.807) is 0 Å². The van der Waals surface area contributed by atoms with Crippen molar-refractivity contribution in [3.8, 4) is 0 Å². The van der Waals surface area contributed by atoms with Gasteiger partial charge in [-0.3, -0.25) is 9.59 Å². The summed E-state index contributed by atoms with van der Waals surface area (Å²) in [7, 11) is 0. The summed E-state index contributed by atoms with van der Waals surface area (Å²) in [6, 6.07) is -0.538. The fourth-order valence-electron chi connectivity index (χ4n) is 10.8. The average Bonchev–Trinajstić information content (AvgIpc) is 3.38. The van der Waals surface area contributed by atoms with Gasteiger partial charge in [0.15, 0.2) is 0 Å². The summed E-state index contributed by atoms with van der Waals surface area (Å²) in [5.41, 5.74) is 0. The summed E-state index contributed by atoms with van der Waals surface area (Å²) in [5, 5.41) is 23.3. The summed E-state index contributed by atoms with van der Waals surface area (Å²) < 4.78 is 5.49. The van der Waals surface area contributed by atoms with Gasteiger partial charge in [0, 0.05) is 12.8 Å². The van der Waals surface area contributed by atoms with Crippen LogP contribution in [0.1, 0.15) is 386 Å². The van der Waals surface area contributed by atoms with Gasteiger partial charge in [0.1, 0.15) is 0 Å². The lowest BCUT2D eigenvalue weighted by Gasteiger charge is -2.22. The molecular formula is C66H131NO5. The number of ether oxygens (including phenoxy) is 1. The van der Waals surface area contributed by atoms with E-state index in [-0.39, 0.29) is 18.5 Å². The molecule has 0 spiro atoms. The molecule has 2 unspecified atom stereocenters. The standard InChI is InChI=1S/C66H131NO5/c1-3-5-7-9-11-13-15-17-31-34-38-42-46-50-54-58-64(69)63(62-68)67-65(70)59-55-51-47-43-39-35-32-29-27-25-23-21-19-20-22-24-26-28-30-33-37-41-45-49-53-57-61-72-66(71)60-56-52-48-44-40-36-18-16-14-12-10-8-6-4-2/h63-64,68-69H,3-62H2,1-2H3,(H,67,70). The fourth-order valence-corrected chi connectivity index (χ4v) is 10.8. The van der Waals surface area contributed by atoms with Crippen molar-refractivity contribution in [2.75, 3.05) is 13.2 Å². The average molecular weight is 1020 g/mol. The number of carbonyl (C=O) groups is 2. The van der Waals surface area contributed by atoms with Crippen molar-refractivity contribution < 1.29 is 24.5 Å². The van der Waals surface area contributed by atoms with Crippen LogP contribution in [0.15, 0.2) is 0 Å². The van der Waals surface area contributed by atoms with E-state index >= 15 is 0 Å². The molecule has 0 aromatic rings. The van der Waals surface area contributed by atoms with Gasteiger partial charge in [-0.1, -0.05) is 348 Å². The summed E-state index contributed by atoms with van der Waals surface area (Å²) in [4.78, 5) is 24.6. The number of aliphatic hydroxyl groups is 2. The zero-order valence-electron chi connectivity index (χ0n) is 49.2. The maximum atomic E-state index is 12.5. The Bertz CT molecular complexity index is 1040. The Hall–Kier alpha value is -1.14. The van der Waals surface area contributed by atoms with Crippen LogP contribution in [0.5, 0.6) is 0 Å². The van der Waals surface area contributed by atoms with Gasteiger partial charge in [-0.05, 0) is 25.7 Å². The first kappa shape index (κ1) is 70.9. The van der Waals surface area contributed by atoms with Crippen molar-refractivity contribution in [1.82, 2.24) is 5.32 Å². The second-order valence-electron chi connectivity index (χ2n) is 23.2. The maximum Gasteiger partial charge on any atom is 0.305 e. The first-order valence-corrected chi connectivity index (χ1v) is 33.3. The van der Waals surface area contributed by atoms with Crippen molar-refractivity contribution in [3.63, 3.8) is 0 Å². The van der Waals surface area contributed by atoms with Crippen LogP contribution < -0.4 is 5.32 Å². The van der Waals surface area contributed by atoms with E-state index in [1.165, 1.54) is 315 Å². The second-order valence-corrected chi connectivity index (χ2v) is 23.2. The van der Waals surface area contributed by atoms with E-state index in [1.807, 2.05) is 0 Å². The minimum Gasteiger partial charge on any atom is -0.466 e. The summed E-state index contributed by atoms with van der Waals surface area (Å²) in [5.74, 6) is -0.00859. The number of amides is 1. The maximum absolute atomic E-state index is 12.5. The topological polar surface area (TPSA) is 95.9 Å². The van der Waals surface area contributed by atoms with Crippen molar-refractivity contribution in [3.05, 3.63) is 0 Å². The predicted octanol–water partition coefficient (Wildman–Crippen LogP) is 21.0.